The molecule has 1 aliphatic carbocycles. The zero-order valence-corrected chi connectivity index (χ0v) is 14.3. The quantitative estimate of drug-likeness (QED) is 0.638. The van der Waals surface area contributed by atoms with E-state index in [4.69, 9.17) is 15.2 Å². The summed E-state index contributed by atoms with van der Waals surface area (Å²) in [5.74, 6) is -1.30. The molecule has 1 aromatic heterocycles. The first-order valence-corrected chi connectivity index (χ1v) is 8.57. The van der Waals surface area contributed by atoms with E-state index in [1.807, 2.05) is 0 Å². The Morgan fingerprint density at radius 2 is 2.04 bits per heavy atom. The number of benzene rings is 1. The van der Waals surface area contributed by atoms with E-state index in [1.165, 1.54) is 16.1 Å². The fourth-order valence-corrected chi connectivity index (χ4v) is 3.01. The van der Waals surface area contributed by atoms with Crippen LogP contribution in [0.4, 0.5) is 8.78 Å². The van der Waals surface area contributed by atoms with Crippen LogP contribution in [-0.2, 0) is 0 Å². The smallest absolute Gasteiger partial charge is 0.257 e. The lowest BCUT2D eigenvalue weighted by molar-refractivity contribution is 0.0752. The Kier molecular flexibility index (Phi) is 4.21. The SMILES string of the molecule is N=C1CN(C(=O)c2ccc(F)cc2F)CCN1C(=N)c1coc(C2CC2)n1. The standard InChI is InChI=1S/C18H17F2N5O2/c19-11-3-4-12(13(20)7-11)18(26)24-5-6-25(15(21)8-24)16(22)14-9-27-17(23-14)10-1-2-10/h3-4,7,9-10,21-22H,1-2,5-6,8H2. The summed E-state index contributed by atoms with van der Waals surface area (Å²) in [4.78, 5) is 19.5. The molecule has 2 heterocycles. The molecule has 1 amide bonds. The highest BCUT2D eigenvalue weighted by Crippen LogP contribution is 2.39. The van der Waals surface area contributed by atoms with Crippen molar-refractivity contribution in [3.63, 3.8) is 0 Å². The molecule has 140 valence electrons. The normalized spacial score (nSPS) is 17.3. The van der Waals surface area contributed by atoms with Crippen LogP contribution in [-0.4, -0.2) is 52.0 Å². The summed E-state index contributed by atoms with van der Waals surface area (Å²) in [5, 5.41) is 16.5. The third-order valence-electron chi connectivity index (χ3n) is 4.67. The molecule has 1 saturated heterocycles. The van der Waals surface area contributed by atoms with Gasteiger partial charge in [-0.1, -0.05) is 0 Å². The molecule has 0 atom stereocenters. The van der Waals surface area contributed by atoms with E-state index in [0.29, 0.717) is 23.6 Å². The molecule has 0 bridgehead atoms. The lowest BCUT2D eigenvalue weighted by Gasteiger charge is -2.35. The molecule has 9 heteroatoms. The number of hydrogen-bond donors (Lipinski definition) is 2. The molecule has 2 N–H and O–H groups in total. The molecule has 1 saturated carbocycles. The summed E-state index contributed by atoms with van der Waals surface area (Å²) < 4.78 is 32.3. The minimum atomic E-state index is -0.933. The molecule has 1 aliphatic heterocycles. The summed E-state index contributed by atoms with van der Waals surface area (Å²) in [6.07, 6.45) is 3.47. The number of amides is 1. The summed E-state index contributed by atoms with van der Waals surface area (Å²) in [7, 11) is 0. The van der Waals surface area contributed by atoms with Gasteiger partial charge in [-0.2, -0.15) is 0 Å². The number of carbonyl (C=O) groups is 1. The first-order chi connectivity index (χ1) is 12.9. The molecule has 27 heavy (non-hydrogen) atoms. The highest BCUT2D eigenvalue weighted by Gasteiger charge is 2.32. The highest BCUT2D eigenvalue weighted by atomic mass is 19.1. The molecule has 0 unspecified atom stereocenters. The van der Waals surface area contributed by atoms with Gasteiger partial charge in [0.1, 0.15) is 29.4 Å². The molecule has 7 nitrogen and oxygen atoms in total. The minimum Gasteiger partial charge on any atom is -0.448 e. The average Bonchev–Trinajstić information content (AvgIpc) is 3.37. The molecular formula is C18H17F2N5O2. The fraction of sp³-hybridized carbons (Fsp3) is 0.333. The zero-order valence-electron chi connectivity index (χ0n) is 14.3. The van der Waals surface area contributed by atoms with Crippen LogP contribution < -0.4 is 0 Å². The predicted molar refractivity (Wildman–Crippen MR) is 92.0 cm³/mol. The molecule has 0 radical (unpaired) electrons. The summed E-state index contributed by atoms with van der Waals surface area (Å²) in [5.41, 5.74) is 0.115. The minimum absolute atomic E-state index is 0.0260. The van der Waals surface area contributed by atoms with Crippen molar-refractivity contribution in [1.82, 2.24) is 14.8 Å². The van der Waals surface area contributed by atoms with Gasteiger partial charge in [0, 0.05) is 25.1 Å². The second-order valence-electron chi connectivity index (χ2n) is 6.64. The van der Waals surface area contributed by atoms with Crippen molar-refractivity contribution in [2.24, 2.45) is 0 Å². The molecule has 4 rings (SSSR count). The molecular weight excluding hydrogens is 356 g/mol. The third kappa shape index (κ3) is 3.32. The van der Waals surface area contributed by atoms with E-state index in [9.17, 15) is 13.6 Å². The van der Waals surface area contributed by atoms with Gasteiger partial charge in [-0.25, -0.2) is 13.8 Å². The van der Waals surface area contributed by atoms with E-state index in [0.717, 1.165) is 25.0 Å². The highest BCUT2D eigenvalue weighted by molar-refractivity contribution is 6.08. The van der Waals surface area contributed by atoms with Gasteiger partial charge < -0.3 is 14.2 Å². The van der Waals surface area contributed by atoms with Crippen molar-refractivity contribution in [1.29, 1.82) is 10.8 Å². The lowest BCUT2D eigenvalue weighted by atomic mass is 10.1. The van der Waals surface area contributed by atoms with Crippen molar-refractivity contribution < 1.29 is 18.0 Å². The van der Waals surface area contributed by atoms with Crippen LogP contribution in [0.2, 0.25) is 0 Å². The van der Waals surface area contributed by atoms with Crippen LogP contribution in [0.3, 0.4) is 0 Å². The Morgan fingerprint density at radius 3 is 2.70 bits per heavy atom. The number of oxazole rings is 1. The zero-order chi connectivity index (χ0) is 19.1. The van der Waals surface area contributed by atoms with Crippen LogP contribution in [0.5, 0.6) is 0 Å². The number of hydrogen-bond acceptors (Lipinski definition) is 5. The second kappa shape index (κ2) is 6.57. The van der Waals surface area contributed by atoms with Gasteiger partial charge in [0.15, 0.2) is 11.7 Å². The summed E-state index contributed by atoms with van der Waals surface area (Å²) in [6, 6.07) is 2.78. The Balaban J connectivity index is 1.44. The number of amidine groups is 2. The van der Waals surface area contributed by atoms with Gasteiger partial charge in [-0.15, -0.1) is 0 Å². The average molecular weight is 373 g/mol. The maximum Gasteiger partial charge on any atom is 0.257 e. The number of nitrogens with zero attached hydrogens (tertiary/aromatic N) is 3. The van der Waals surface area contributed by atoms with Gasteiger partial charge in [-0.05, 0) is 25.0 Å². The molecule has 2 aromatic rings. The van der Waals surface area contributed by atoms with Crippen LogP contribution in [0.15, 0.2) is 28.9 Å². The monoisotopic (exact) mass is 373 g/mol. The Labute approximate surface area is 153 Å². The summed E-state index contributed by atoms with van der Waals surface area (Å²) in [6.45, 7) is 0.330. The number of aromatic nitrogens is 1. The van der Waals surface area contributed by atoms with Gasteiger partial charge in [0.2, 0.25) is 0 Å². The Morgan fingerprint density at radius 1 is 1.26 bits per heavy atom. The van der Waals surface area contributed by atoms with Crippen molar-refractivity contribution in [2.75, 3.05) is 19.6 Å². The third-order valence-corrected chi connectivity index (χ3v) is 4.67. The van der Waals surface area contributed by atoms with Crippen LogP contribution in [0.25, 0.3) is 0 Å². The molecule has 2 fully saturated rings. The van der Waals surface area contributed by atoms with E-state index in [-0.39, 0.29) is 36.9 Å². The number of rotatable bonds is 3. The van der Waals surface area contributed by atoms with E-state index in [2.05, 4.69) is 4.98 Å². The topological polar surface area (TPSA) is 97.3 Å². The van der Waals surface area contributed by atoms with E-state index < -0.39 is 17.5 Å². The molecule has 0 spiro atoms. The summed E-state index contributed by atoms with van der Waals surface area (Å²) >= 11 is 0. The van der Waals surface area contributed by atoms with Crippen molar-refractivity contribution in [3.8, 4) is 0 Å². The van der Waals surface area contributed by atoms with Crippen LogP contribution in [0, 0.1) is 22.5 Å². The second-order valence-corrected chi connectivity index (χ2v) is 6.64. The largest absolute Gasteiger partial charge is 0.448 e. The van der Waals surface area contributed by atoms with Gasteiger partial charge in [-0.3, -0.25) is 15.6 Å². The van der Waals surface area contributed by atoms with Gasteiger partial charge in [0.25, 0.3) is 5.91 Å². The molecule has 1 aromatic carbocycles. The van der Waals surface area contributed by atoms with Crippen LogP contribution in [0.1, 0.15) is 40.7 Å². The number of piperazine rings is 1. The fourth-order valence-electron chi connectivity index (χ4n) is 3.01. The Hall–Kier alpha value is -3.10. The van der Waals surface area contributed by atoms with Crippen molar-refractivity contribution >= 4 is 17.6 Å². The first kappa shape index (κ1) is 17.3. The van der Waals surface area contributed by atoms with Crippen LogP contribution >= 0.6 is 0 Å². The van der Waals surface area contributed by atoms with E-state index >= 15 is 0 Å². The number of carbonyl (C=O) groups excluding carboxylic acids is 1. The number of halogens is 2. The first-order valence-electron chi connectivity index (χ1n) is 8.57. The van der Waals surface area contributed by atoms with Crippen molar-refractivity contribution in [3.05, 3.63) is 53.2 Å². The number of nitrogens with one attached hydrogen (secondary N) is 2. The maximum atomic E-state index is 13.8. The van der Waals surface area contributed by atoms with Gasteiger partial charge in [0.05, 0.1) is 12.1 Å². The van der Waals surface area contributed by atoms with Gasteiger partial charge >= 0.3 is 0 Å². The van der Waals surface area contributed by atoms with E-state index in [1.54, 1.807) is 0 Å². The lowest BCUT2D eigenvalue weighted by Crippen LogP contribution is -2.54. The van der Waals surface area contributed by atoms with Crippen molar-refractivity contribution in [2.45, 2.75) is 18.8 Å². The predicted octanol–water partition coefficient (Wildman–Crippen LogP) is 2.59. The maximum absolute atomic E-state index is 13.8. The Bertz CT molecular complexity index is 938. The molecule has 2 aliphatic rings.